The van der Waals surface area contributed by atoms with Crippen LogP contribution in [0.1, 0.15) is 26.2 Å². The van der Waals surface area contributed by atoms with Crippen molar-refractivity contribution in [2.24, 2.45) is 0 Å². The highest BCUT2D eigenvalue weighted by atomic mass is 16.6. The third-order valence-electron chi connectivity index (χ3n) is 2.02. The first-order chi connectivity index (χ1) is 7.13. The zero-order chi connectivity index (χ0) is 11.3. The van der Waals surface area contributed by atoms with E-state index in [2.05, 4.69) is 5.10 Å². The van der Waals surface area contributed by atoms with Gasteiger partial charge >= 0.3 is 5.69 Å². The second kappa shape index (κ2) is 5.23. The summed E-state index contributed by atoms with van der Waals surface area (Å²) in [4.78, 5) is 9.89. The SMILES string of the molecule is CCCC(=N)CCn1cc([N+](=O)[O-])cn1. The fourth-order valence-corrected chi connectivity index (χ4v) is 1.25. The standard InChI is InChI=1S/C9H14N4O2/c1-2-3-8(10)4-5-12-7-9(6-11-12)13(14)15/h6-7,10H,2-5H2,1H3. The Morgan fingerprint density at radius 3 is 2.93 bits per heavy atom. The quantitative estimate of drug-likeness (QED) is 0.442. The summed E-state index contributed by atoms with van der Waals surface area (Å²) in [6.45, 7) is 2.56. The molecule has 6 heteroatoms. The fraction of sp³-hybridized carbons (Fsp3) is 0.556. The van der Waals surface area contributed by atoms with Gasteiger partial charge in [0.1, 0.15) is 12.4 Å². The minimum absolute atomic E-state index is 0.00276. The number of aromatic nitrogens is 2. The number of hydrogen-bond acceptors (Lipinski definition) is 4. The van der Waals surface area contributed by atoms with E-state index in [1.165, 1.54) is 17.1 Å². The number of rotatable bonds is 6. The van der Waals surface area contributed by atoms with Gasteiger partial charge in [-0.05, 0) is 6.42 Å². The summed E-state index contributed by atoms with van der Waals surface area (Å²) in [5, 5.41) is 21.8. The molecular formula is C9H14N4O2. The van der Waals surface area contributed by atoms with Crippen LogP contribution in [0, 0.1) is 15.5 Å². The molecule has 1 aromatic heterocycles. The average Bonchev–Trinajstić information content (AvgIpc) is 2.63. The lowest BCUT2D eigenvalue weighted by Crippen LogP contribution is -2.04. The highest BCUT2D eigenvalue weighted by molar-refractivity contribution is 5.81. The van der Waals surface area contributed by atoms with Crippen molar-refractivity contribution in [1.29, 1.82) is 5.41 Å². The third-order valence-corrected chi connectivity index (χ3v) is 2.02. The van der Waals surface area contributed by atoms with Crippen LogP contribution in [0.2, 0.25) is 0 Å². The Bertz CT molecular complexity index is 359. The maximum Gasteiger partial charge on any atom is 0.306 e. The van der Waals surface area contributed by atoms with Crippen LogP contribution in [0.15, 0.2) is 12.4 Å². The molecule has 0 saturated carbocycles. The number of nitro groups is 1. The predicted octanol–water partition coefficient (Wildman–Crippen LogP) is 2.00. The van der Waals surface area contributed by atoms with E-state index in [1.54, 1.807) is 0 Å². The molecule has 6 nitrogen and oxygen atoms in total. The molecule has 0 saturated heterocycles. The molecule has 0 aromatic carbocycles. The van der Waals surface area contributed by atoms with Crippen LogP contribution >= 0.6 is 0 Å². The fourth-order valence-electron chi connectivity index (χ4n) is 1.25. The first kappa shape index (κ1) is 11.4. The van der Waals surface area contributed by atoms with Gasteiger partial charge in [-0.1, -0.05) is 13.3 Å². The molecule has 15 heavy (non-hydrogen) atoms. The summed E-state index contributed by atoms with van der Waals surface area (Å²) in [6.07, 6.45) is 4.96. The van der Waals surface area contributed by atoms with Crippen molar-refractivity contribution in [3.63, 3.8) is 0 Å². The molecule has 0 bridgehead atoms. The Morgan fingerprint density at radius 2 is 2.40 bits per heavy atom. The Kier molecular flexibility index (Phi) is 3.96. The van der Waals surface area contributed by atoms with E-state index >= 15 is 0 Å². The maximum absolute atomic E-state index is 10.4. The van der Waals surface area contributed by atoms with E-state index < -0.39 is 4.92 Å². The van der Waals surface area contributed by atoms with Gasteiger partial charge in [0.05, 0.1) is 4.92 Å². The number of nitrogens with one attached hydrogen (secondary N) is 1. The summed E-state index contributed by atoms with van der Waals surface area (Å²) in [5.41, 5.74) is 0.660. The van der Waals surface area contributed by atoms with E-state index in [0.29, 0.717) is 18.7 Å². The van der Waals surface area contributed by atoms with E-state index in [-0.39, 0.29) is 5.69 Å². The highest BCUT2D eigenvalue weighted by Gasteiger charge is 2.08. The predicted molar refractivity (Wildman–Crippen MR) is 56.1 cm³/mol. The van der Waals surface area contributed by atoms with Gasteiger partial charge in [0.15, 0.2) is 0 Å². The molecule has 82 valence electrons. The van der Waals surface area contributed by atoms with E-state index in [4.69, 9.17) is 5.41 Å². The normalized spacial score (nSPS) is 10.2. The third kappa shape index (κ3) is 3.49. The van der Waals surface area contributed by atoms with E-state index in [9.17, 15) is 10.1 Å². The Balaban J connectivity index is 2.44. The Labute approximate surface area is 87.6 Å². The topological polar surface area (TPSA) is 84.8 Å². The number of aryl methyl sites for hydroxylation is 1. The molecule has 0 atom stereocenters. The van der Waals surface area contributed by atoms with Crippen LogP contribution in [0.25, 0.3) is 0 Å². The van der Waals surface area contributed by atoms with Crippen molar-refractivity contribution in [3.05, 3.63) is 22.5 Å². The van der Waals surface area contributed by atoms with E-state index in [0.717, 1.165) is 12.8 Å². The van der Waals surface area contributed by atoms with E-state index in [1.807, 2.05) is 6.92 Å². The van der Waals surface area contributed by atoms with Crippen molar-refractivity contribution in [2.45, 2.75) is 32.7 Å². The monoisotopic (exact) mass is 210 g/mol. The molecule has 0 amide bonds. The zero-order valence-corrected chi connectivity index (χ0v) is 8.64. The summed E-state index contributed by atoms with van der Waals surface area (Å²) in [7, 11) is 0. The van der Waals surface area contributed by atoms with Crippen LogP contribution in [0.4, 0.5) is 5.69 Å². The van der Waals surface area contributed by atoms with Crippen molar-refractivity contribution < 1.29 is 4.92 Å². The summed E-state index contributed by atoms with van der Waals surface area (Å²) < 4.78 is 1.50. The smallest absolute Gasteiger partial charge is 0.306 e. The molecule has 1 N–H and O–H groups in total. The molecule has 1 heterocycles. The van der Waals surface area contributed by atoms with Gasteiger partial charge in [-0.15, -0.1) is 0 Å². The van der Waals surface area contributed by atoms with Crippen molar-refractivity contribution in [3.8, 4) is 0 Å². The summed E-state index contributed by atoms with van der Waals surface area (Å²) >= 11 is 0. The Hall–Kier alpha value is -1.72. The van der Waals surface area contributed by atoms with Gasteiger partial charge in [-0.25, -0.2) is 0 Å². The maximum atomic E-state index is 10.4. The van der Waals surface area contributed by atoms with Crippen LogP contribution in [-0.4, -0.2) is 20.4 Å². The number of nitrogens with zero attached hydrogens (tertiary/aromatic N) is 3. The number of hydrogen-bond donors (Lipinski definition) is 1. The van der Waals surface area contributed by atoms with Gasteiger partial charge in [-0.2, -0.15) is 5.10 Å². The lowest BCUT2D eigenvalue weighted by molar-refractivity contribution is -0.385. The molecule has 1 rings (SSSR count). The van der Waals surface area contributed by atoms with Gasteiger partial charge < -0.3 is 5.41 Å². The summed E-state index contributed by atoms with van der Waals surface area (Å²) in [6, 6.07) is 0. The molecular weight excluding hydrogens is 196 g/mol. The van der Waals surface area contributed by atoms with Crippen LogP contribution in [0.5, 0.6) is 0 Å². The van der Waals surface area contributed by atoms with Crippen molar-refractivity contribution >= 4 is 11.4 Å². The second-order valence-electron chi connectivity index (χ2n) is 3.32. The molecule has 0 aliphatic carbocycles. The zero-order valence-electron chi connectivity index (χ0n) is 8.64. The second-order valence-corrected chi connectivity index (χ2v) is 3.32. The highest BCUT2D eigenvalue weighted by Crippen LogP contribution is 2.08. The lowest BCUT2D eigenvalue weighted by atomic mass is 10.2. The Morgan fingerprint density at radius 1 is 1.67 bits per heavy atom. The molecule has 0 radical (unpaired) electrons. The molecule has 0 unspecified atom stereocenters. The minimum Gasteiger partial charge on any atom is -0.310 e. The molecule has 0 spiro atoms. The van der Waals surface area contributed by atoms with Crippen LogP contribution in [0.3, 0.4) is 0 Å². The van der Waals surface area contributed by atoms with Gasteiger partial charge in [0.2, 0.25) is 0 Å². The van der Waals surface area contributed by atoms with Crippen LogP contribution < -0.4 is 0 Å². The van der Waals surface area contributed by atoms with Gasteiger partial charge in [-0.3, -0.25) is 14.8 Å². The molecule has 0 aliphatic rings. The van der Waals surface area contributed by atoms with Crippen LogP contribution in [-0.2, 0) is 6.54 Å². The summed E-state index contributed by atoms with van der Waals surface area (Å²) in [5.74, 6) is 0. The first-order valence-electron chi connectivity index (χ1n) is 4.86. The largest absolute Gasteiger partial charge is 0.310 e. The first-order valence-corrected chi connectivity index (χ1v) is 4.86. The average molecular weight is 210 g/mol. The van der Waals surface area contributed by atoms with Crippen molar-refractivity contribution in [2.75, 3.05) is 0 Å². The van der Waals surface area contributed by atoms with Crippen molar-refractivity contribution in [1.82, 2.24) is 9.78 Å². The molecule has 0 fully saturated rings. The molecule has 0 aliphatic heterocycles. The van der Waals surface area contributed by atoms with Gasteiger partial charge in [0, 0.05) is 18.7 Å². The van der Waals surface area contributed by atoms with Gasteiger partial charge in [0.25, 0.3) is 0 Å². The minimum atomic E-state index is -0.471. The lowest BCUT2D eigenvalue weighted by Gasteiger charge is -2.01. The molecule has 1 aromatic rings.